The summed E-state index contributed by atoms with van der Waals surface area (Å²) in [7, 11) is 1.57. The van der Waals surface area contributed by atoms with Gasteiger partial charge in [0.2, 0.25) is 5.91 Å². The first-order valence-corrected chi connectivity index (χ1v) is 7.13. The van der Waals surface area contributed by atoms with Crippen LogP contribution in [0.3, 0.4) is 0 Å². The molecule has 0 saturated carbocycles. The number of nitrogens with zero attached hydrogens (tertiary/aromatic N) is 2. The van der Waals surface area contributed by atoms with E-state index < -0.39 is 17.4 Å². The molecule has 2 heterocycles. The molecule has 24 heavy (non-hydrogen) atoms. The maximum atomic E-state index is 12.4. The first-order valence-electron chi connectivity index (χ1n) is 7.13. The van der Waals surface area contributed by atoms with Crippen molar-refractivity contribution in [1.29, 1.82) is 0 Å². The van der Waals surface area contributed by atoms with Gasteiger partial charge in [0.25, 0.3) is 11.5 Å². The van der Waals surface area contributed by atoms with Gasteiger partial charge in [-0.2, -0.15) is 0 Å². The Balaban J connectivity index is 1.95. The van der Waals surface area contributed by atoms with Crippen LogP contribution in [-0.2, 0) is 7.05 Å². The third-order valence-electron chi connectivity index (χ3n) is 3.64. The summed E-state index contributed by atoms with van der Waals surface area (Å²) in [5.41, 5.74) is 6.04. The van der Waals surface area contributed by atoms with Crippen molar-refractivity contribution in [2.75, 3.05) is 5.32 Å². The highest BCUT2D eigenvalue weighted by molar-refractivity contribution is 6.05. The second-order valence-electron chi connectivity index (χ2n) is 5.23. The fraction of sp³-hybridized carbons (Fsp3) is 0.0588. The third-order valence-corrected chi connectivity index (χ3v) is 3.64. The number of nitrogens with one attached hydrogen (secondary N) is 1. The lowest BCUT2D eigenvalue weighted by Crippen LogP contribution is -2.28. The monoisotopic (exact) mass is 322 g/mol. The van der Waals surface area contributed by atoms with Crippen LogP contribution in [0.1, 0.15) is 20.7 Å². The van der Waals surface area contributed by atoms with Crippen LogP contribution >= 0.6 is 0 Å². The summed E-state index contributed by atoms with van der Waals surface area (Å²) in [5.74, 6) is -1.09. The van der Waals surface area contributed by atoms with Gasteiger partial charge in [0.1, 0.15) is 11.2 Å². The Morgan fingerprint density at radius 3 is 2.54 bits per heavy atom. The first kappa shape index (κ1) is 15.4. The van der Waals surface area contributed by atoms with Gasteiger partial charge in [-0.05, 0) is 42.5 Å². The minimum Gasteiger partial charge on any atom is -0.366 e. The van der Waals surface area contributed by atoms with Crippen molar-refractivity contribution in [3.63, 3.8) is 0 Å². The summed E-state index contributed by atoms with van der Waals surface area (Å²) in [4.78, 5) is 40.0. The van der Waals surface area contributed by atoms with Gasteiger partial charge in [0.05, 0.1) is 0 Å². The largest absolute Gasteiger partial charge is 0.366 e. The van der Waals surface area contributed by atoms with Gasteiger partial charge in [-0.1, -0.05) is 0 Å². The van der Waals surface area contributed by atoms with E-state index in [0.29, 0.717) is 22.3 Å². The van der Waals surface area contributed by atoms with Gasteiger partial charge in [0.15, 0.2) is 0 Å². The molecule has 7 nitrogen and oxygen atoms in total. The summed E-state index contributed by atoms with van der Waals surface area (Å²) in [6.07, 6.45) is 1.59. The Kier molecular flexibility index (Phi) is 3.83. The van der Waals surface area contributed by atoms with Crippen LogP contribution in [0.4, 0.5) is 5.69 Å². The normalized spacial score (nSPS) is 10.5. The van der Waals surface area contributed by atoms with Gasteiger partial charge >= 0.3 is 0 Å². The lowest BCUT2D eigenvalue weighted by molar-refractivity contribution is 0.0998. The number of primary amides is 1. The average molecular weight is 322 g/mol. The smallest absolute Gasteiger partial charge is 0.264 e. The minimum absolute atomic E-state index is 0.0111. The lowest BCUT2D eigenvalue weighted by Gasteiger charge is -2.09. The average Bonchev–Trinajstić information content (AvgIpc) is 2.58. The summed E-state index contributed by atoms with van der Waals surface area (Å²) >= 11 is 0. The second-order valence-corrected chi connectivity index (χ2v) is 5.23. The molecule has 0 radical (unpaired) electrons. The molecule has 0 aliphatic rings. The number of carbonyl (C=O) groups excluding carboxylic acids is 2. The Morgan fingerprint density at radius 1 is 1.17 bits per heavy atom. The van der Waals surface area contributed by atoms with E-state index in [0.717, 1.165) is 0 Å². The van der Waals surface area contributed by atoms with E-state index in [9.17, 15) is 14.4 Å². The van der Waals surface area contributed by atoms with Crippen LogP contribution in [-0.4, -0.2) is 21.4 Å². The second kappa shape index (κ2) is 5.96. The number of hydrogen-bond donors (Lipinski definition) is 2. The minimum atomic E-state index is -0.552. The maximum absolute atomic E-state index is 12.4. The van der Waals surface area contributed by atoms with Crippen LogP contribution in [0, 0.1) is 0 Å². The lowest BCUT2D eigenvalue weighted by atomic mass is 10.1. The molecule has 0 bridgehead atoms. The number of anilines is 1. The zero-order chi connectivity index (χ0) is 17.3. The van der Waals surface area contributed by atoms with Gasteiger partial charge in [0, 0.05) is 29.9 Å². The summed E-state index contributed by atoms with van der Waals surface area (Å²) in [6, 6.07) is 11.1. The van der Waals surface area contributed by atoms with Crippen LogP contribution in [0.2, 0.25) is 0 Å². The van der Waals surface area contributed by atoms with E-state index in [1.165, 1.54) is 22.8 Å². The van der Waals surface area contributed by atoms with E-state index in [1.807, 2.05) is 0 Å². The number of pyridine rings is 2. The molecule has 0 aliphatic heterocycles. The van der Waals surface area contributed by atoms with Crippen molar-refractivity contribution >= 4 is 28.5 Å². The molecular formula is C17H14N4O3. The van der Waals surface area contributed by atoms with Gasteiger partial charge in [-0.15, -0.1) is 0 Å². The standard InChI is InChI=1S/C17H14N4O3/c1-21-15-11(3-2-8-19-15)9-13(17(21)24)16(23)20-12-6-4-10(5-7-12)14(18)22/h2-9H,1H3,(H2,18,22)(H,20,23). The SMILES string of the molecule is Cn1c(=O)c(C(=O)Nc2ccc(C(N)=O)cc2)cc2cccnc21. The number of fused-ring (bicyclic) bond motifs is 1. The molecule has 0 aliphatic carbocycles. The molecular weight excluding hydrogens is 308 g/mol. The van der Waals surface area contributed by atoms with E-state index in [4.69, 9.17) is 5.73 Å². The van der Waals surface area contributed by atoms with Crippen LogP contribution < -0.4 is 16.6 Å². The molecule has 2 amide bonds. The molecule has 0 atom stereocenters. The quantitative estimate of drug-likeness (QED) is 0.757. The van der Waals surface area contributed by atoms with Crippen LogP contribution in [0.25, 0.3) is 11.0 Å². The van der Waals surface area contributed by atoms with Gasteiger partial charge in [-0.25, -0.2) is 4.98 Å². The maximum Gasteiger partial charge on any atom is 0.264 e. The fourth-order valence-corrected chi connectivity index (χ4v) is 2.38. The molecule has 0 fully saturated rings. The number of benzene rings is 1. The Bertz CT molecular complexity index is 1010. The molecule has 3 N–H and O–H groups in total. The van der Waals surface area contributed by atoms with Crippen molar-refractivity contribution in [3.8, 4) is 0 Å². The summed E-state index contributed by atoms with van der Waals surface area (Å²) in [5, 5.41) is 3.32. The van der Waals surface area contributed by atoms with E-state index >= 15 is 0 Å². The molecule has 120 valence electrons. The highest BCUT2D eigenvalue weighted by Crippen LogP contribution is 2.13. The summed E-state index contributed by atoms with van der Waals surface area (Å²) in [6.45, 7) is 0. The van der Waals surface area contributed by atoms with E-state index in [1.54, 1.807) is 37.5 Å². The first-order chi connectivity index (χ1) is 11.5. The number of nitrogens with two attached hydrogens (primary N) is 1. The van der Waals surface area contributed by atoms with Gasteiger partial charge in [-0.3, -0.25) is 19.0 Å². The van der Waals surface area contributed by atoms with Crippen molar-refractivity contribution < 1.29 is 9.59 Å². The number of aryl methyl sites for hydroxylation is 1. The molecule has 0 unspecified atom stereocenters. The topological polar surface area (TPSA) is 107 Å². The molecule has 0 spiro atoms. The summed E-state index contributed by atoms with van der Waals surface area (Å²) < 4.78 is 1.33. The van der Waals surface area contributed by atoms with Crippen molar-refractivity contribution in [2.45, 2.75) is 0 Å². The highest BCUT2D eigenvalue weighted by Gasteiger charge is 2.15. The molecule has 7 heteroatoms. The Hall–Kier alpha value is -3.48. The molecule has 2 aromatic heterocycles. The van der Waals surface area contributed by atoms with E-state index in [-0.39, 0.29) is 5.56 Å². The Labute approximate surface area is 136 Å². The number of rotatable bonds is 3. The number of aromatic nitrogens is 2. The van der Waals surface area contributed by atoms with Crippen molar-refractivity contribution in [1.82, 2.24) is 9.55 Å². The molecule has 1 aromatic carbocycles. The van der Waals surface area contributed by atoms with Crippen molar-refractivity contribution in [3.05, 3.63) is 70.1 Å². The predicted octanol–water partition coefficient (Wildman–Crippen LogP) is 1.28. The van der Waals surface area contributed by atoms with E-state index in [2.05, 4.69) is 10.3 Å². The number of hydrogen-bond acceptors (Lipinski definition) is 4. The van der Waals surface area contributed by atoms with Crippen LogP contribution in [0.5, 0.6) is 0 Å². The molecule has 3 rings (SSSR count). The highest BCUT2D eigenvalue weighted by atomic mass is 16.2. The third kappa shape index (κ3) is 2.74. The number of carbonyl (C=O) groups is 2. The zero-order valence-electron chi connectivity index (χ0n) is 12.8. The zero-order valence-corrected chi connectivity index (χ0v) is 12.8. The predicted molar refractivity (Wildman–Crippen MR) is 89.9 cm³/mol. The van der Waals surface area contributed by atoms with Gasteiger partial charge < -0.3 is 11.1 Å². The van der Waals surface area contributed by atoms with Crippen LogP contribution in [0.15, 0.2) is 53.5 Å². The van der Waals surface area contributed by atoms with Crippen molar-refractivity contribution in [2.24, 2.45) is 12.8 Å². The fourth-order valence-electron chi connectivity index (χ4n) is 2.38. The molecule has 0 saturated heterocycles. The molecule has 3 aromatic rings. The number of amides is 2. The Morgan fingerprint density at radius 2 is 1.88 bits per heavy atom.